The molecule has 1 heterocycles. The van der Waals surface area contributed by atoms with Gasteiger partial charge in [0, 0.05) is 10.6 Å². The molecule has 0 aromatic heterocycles. The molecule has 34 heavy (non-hydrogen) atoms. The van der Waals surface area contributed by atoms with Crippen LogP contribution in [0.15, 0.2) is 97.1 Å². The molecule has 0 spiro atoms. The Bertz CT molecular complexity index is 1420. The van der Waals surface area contributed by atoms with E-state index in [0.717, 1.165) is 21.9 Å². The van der Waals surface area contributed by atoms with Gasteiger partial charge in [-0.15, -0.1) is 0 Å². The van der Waals surface area contributed by atoms with E-state index in [1.807, 2.05) is 72.8 Å². The molecule has 0 bridgehead atoms. The maximum absolute atomic E-state index is 13.6. The predicted octanol–water partition coefficient (Wildman–Crippen LogP) is 5.90. The van der Waals surface area contributed by atoms with Crippen molar-refractivity contribution in [3.8, 4) is 0 Å². The van der Waals surface area contributed by atoms with Gasteiger partial charge in [-0.05, 0) is 46.2 Å². The molecule has 168 valence electrons. The smallest absolute Gasteiger partial charge is 0.264 e. The third-order valence-corrected chi connectivity index (χ3v) is 6.43. The number of carbonyl (C=O) groups is 2. The number of fused-ring (bicyclic) bond motifs is 2. The molecule has 5 heteroatoms. The summed E-state index contributed by atoms with van der Waals surface area (Å²) >= 11 is 6.22. The fraction of sp³-hybridized carbons (Fsp3) is 0.103. The molecule has 0 fully saturated rings. The van der Waals surface area contributed by atoms with Crippen LogP contribution in [-0.2, 0) is 21.7 Å². The molecular weight excluding hydrogens is 446 g/mol. The molecule has 1 N–H and O–H groups in total. The molecule has 0 radical (unpaired) electrons. The van der Waals surface area contributed by atoms with Gasteiger partial charge in [-0.1, -0.05) is 90.5 Å². The van der Waals surface area contributed by atoms with Crippen LogP contribution in [0.2, 0.25) is 5.02 Å². The number of hydrogen-bond acceptors (Lipinski definition) is 3. The number of aliphatic hydroxyl groups is 1. The standard InChI is InChI=1S/C29H22ClNO3/c30-23-14-16-27-26(17-23)29(34,18-24(32)15-13-20-7-2-1-3-8-20)28(33)31(27)19-22-11-6-10-21-9-4-5-12-25(21)22/h1-17,34H,18-19H2/b15-13+. The highest BCUT2D eigenvalue weighted by molar-refractivity contribution is 6.31. The number of anilines is 1. The minimum atomic E-state index is -1.98. The van der Waals surface area contributed by atoms with E-state index in [9.17, 15) is 14.7 Å². The van der Waals surface area contributed by atoms with Gasteiger partial charge in [0.15, 0.2) is 11.4 Å². The second-order valence-electron chi connectivity index (χ2n) is 8.44. The Balaban J connectivity index is 1.48. The molecule has 4 aromatic rings. The minimum Gasteiger partial charge on any atom is -0.375 e. The first-order chi connectivity index (χ1) is 16.5. The van der Waals surface area contributed by atoms with Crippen LogP contribution in [0.4, 0.5) is 5.69 Å². The van der Waals surface area contributed by atoms with Gasteiger partial charge in [0.1, 0.15) is 0 Å². The van der Waals surface area contributed by atoms with Gasteiger partial charge in [0.2, 0.25) is 0 Å². The van der Waals surface area contributed by atoms with Crippen molar-refractivity contribution in [2.24, 2.45) is 0 Å². The molecule has 1 aliphatic rings. The third kappa shape index (κ3) is 4.03. The number of rotatable bonds is 6. The van der Waals surface area contributed by atoms with Crippen LogP contribution < -0.4 is 4.90 Å². The summed E-state index contributed by atoms with van der Waals surface area (Å²) in [5.74, 6) is -0.878. The zero-order valence-electron chi connectivity index (χ0n) is 18.3. The topological polar surface area (TPSA) is 57.6 Å². The number of amides is 1. The zero-order chi connectivity index (χ0) is 23.7. The average molecular weight is 468 g/mol. The lowest BCUT2D eigenvalue weighted by atomic mass is 9.89. The number of carbonyl (C=O) groups excluding carboxylic acids is 2. The van der Waals surface area contributed by atoms with Crippen molar-refractivity contribution < 1.29 is 14.7 Å². The monoisotopic (exact) mass is 467 g/mol. The van der Waals surface area contributed by atoms with E-state index >= 15 is 0 Å². The maximum Gasteiger partial charge on any atom is 0.264 e. The lowest BCUT2D eigenvalue weighted by Crippen LogP contribution is -2.41. The second kappa shape index (κ2) is 8.90. The molecule has 1 unspecified atom stereocenters. The van der Waals surface area contributed by atoms with Crippen molar-refractivity contribution in [3.63, 3.8) is 0 Å². The number of benzene rings is 4. The van der Waals surface area contributed by atoms with Crippen molar-refractivity contribution in [1.29, 1.82) is 0 Å². The minimum absolute atomic E-state index is 0.269. The van der Waals surface area contributed by atoms with Gasteiger partial charge in [-0.3, -0.25) is 9.59 Å². The van der Waals surface area contributed by atoms with Crippen molar-refractivity contribution in [3.05, 3.63) is 119 Å². The van der Waals surface area contributed by atoms with Crippen LogP contribution in [0.5, 0.6) is 0 Å². The number of allylic oxidation sites excluding steroid dienone is 1. The average Bonchev–Trinajstić information content (AvgIpc) is 3.05. The van der Waals surface area contributed by atoms with E-state index in [1.165, 1.54) is 6.08 Å². The van der Waals surface area contributed by atoms with Crippen LogP contribution in [0.1, 0.15) is 23.1 Å². The van der Waals surface area contributed by atoms with Gasteiger partial charge >= 0.3 is 0 Å². The summed E-state index contributed by atoms with van der Waals surface area (Å²) in [7, 11) is 0. The fourth-order valence-corrected chi connectivity index (χ4v) is 4.69. The van der Waals surface area contributed by atoms with Gasteiger partial charge in [0.25, 0.3) is 5.91 Å². The highest BCUT2D eigenvalue weighted by atomic mass is 35.5. The normalized spacial score (nSPS) is 17.5. The van der Waals surface area contributed by atoms with Crippen LogP contribution in [0.3, 0.4) is 0 Å². The molecular formula is C29H22ClNO3. The summed E-state index contributed by atoms with van der Waals surface area (Å²) in [6.45, 7) is 0.269. The van der Waals surface area contributed by atoms with Gasteiger partial charge in [-0.2, -0.15) is 0 Å². The Morgan fingerprint density at radius 3 is 2.50 bits per heavy atom. The number of nitrogens with zero attached hydrogens (tertiary/aromatic N) is 1. The largest absolute Gasteiger partial charge is 0.375 e. The molecule has 0 saturated carbocycles. The Kier molecular flexibility index (Phi) is 5.78. The number of hydrogen-bond donors (Lipinski definition) is 1. The van der Waals surface area contributed by atoms with E-state index in [2.05, 4.69) is 0 Å². The molecule has 0 saturated heterocycles. The zero-order valence-corrected chi connectivity index (χ0v) is 19.1. The molecule has 0 aliphatic carbocycles. The van der Waals surface area contributed by atoms with E-state index in [4.69, 9.17) is 11.6 Å². The van der Waals surface area contributed by atoms with Crippen LogP contribution in [-0.4, -0.2) is 16.8 Å². The third-order valence-electron chi connectivity index (χ3n) is 6.19. The highest BCUT2D eigenvalue weighted by Crippen LogP contribution is 2.44. The number of ketones is 1. The summed E-state index contributed by atoms with van der Waals surface area (Å²) < 4.78 is 0. The summed E-state index contributed by atoms with van der Waals surface area (Å²) in [4.78, 5) is 28.0. The quantitative estimate of drug-likeness (QED) is 0.359. The number of halogens is 1. The van der Waals surface area contributed by atoms with Crippen molar-refractivity contribution in [2.45, 2.75) is 18.6 Å². The fourth-order valence-electron chi connectivity index (χ4n) is 4.52. The Morgan fingerprint density at radius 1 is 0.941 bits per heavy atom. The van der Waals surface area contributed by atoms with Crippen LogP contribution in [0, 0.1) is 0 Å². The van der Waals surface area contributed by atoms with E-state index < -0.39 is 11.5 Å². The predicted molar refractivity (Wildman–Crippen MR) is 136 cm³/mol. The highest BCUT2D eigenvalue weighted by Gasteiger charge is 2.50. The van der Waals surface area contributed by atoms with Gasteiger partial charge in [0.05, 0.1) is 18.7 Å². The van der Waals surface area contributed by atoms with Crippen molar-refractivity contribution in [1.82, 2.24) is 0 Å². The Labute approximate surface area is 202 Å². The van der Waals surface area contributed by atoms with E-state index in [-0.39, 0.29) is 18.7 Å². The van der Waals surface area contributed by atoms with E-state index in [0.29, 0.717) is 16.3 Å². The maximum atomic E-state index is 13.6. The van der Waals surface area contributed by atoms with E-state index in [1.54, 1.807) is 29.2 Å². The molecule has 5 rings (SSSR count). The van der Waals surface area contributed by atoms with Crippen LogP contribution >= 0.6 is 11.6 Å². The van der Waals surface area contributed by atoms with Gasteiger partial charge < -0.3 is 10.0 Å². The molecule has 1 atom stereocenters. The molecule has 4 aromatic carbocycles. The van der Waals surface area contributed by atoms with Crippen LogP contribution in [0.25, 0.3) is 16.8 Å². The van der Waals surface area contributed by atoms with Crippen molar-refractivity contribution in [2.75, 3.05) is 4.90 Å². The molecule has 1 aliphatic heterocycles. The summed E-state index contributed by atoms with van der Waals surface area (Å²) in [5, 5.41) is 14.1. The molecule has 4 nitrogen and oxygen atoms in total. The SMILES string of the molecule is O=C(/C=C/c1ccccc1)CC1(O)C(=O)N(Cc2cccc3ccccc23)c2ccc(Cl)cc21. The lowest BCUT2D eigenvalue weighted by Gasteiger charge is -2.23. The summed E-state index contributed by atoms with van der Waals surface area (Å²) in [6, 6.07) is 28.3. The lowest BCUT2D eigenvalue weighted by molar-refractivity contribution is -0.140. The Morgan fingerprint density at radius 2 is 1.68 bits per heavy atom. The first-order valence-electron chi connectivity index (χ1n) is 11.0. The second-order valence-corrected chi connectivity index (χ2v) is 8.87. The summed E-state index contributed by atoms with van der Waals surface area (Å²) in [6.07, 6.45) is 2.71. The first kappa shape index (κ1) is 22.1. The first-order valence-corrected chi connectivity index (χ1v) is 11.4. The van der Waals surface area contributed by atoms with Crippen molar-refractivity contribution >= 4 is 45.8 Å². The molecule has 1 amide bonds. The summed E-state index contributed by atoms with van der Waals surface area (Å²) in [5.41, 5.74) is 0.744. The Hall–Kier alpha value is -3.73. The van der Waals surface area contributed by atoms with Gasteiger partial charge in [-0.25, -0.2) is 0 Å².